The summed E-state index contributed by atoms with van der Waals surface area (Å²) in [4.78, 5) is 41.9. The van der Waals surface area contributed by atoms with Crippen molar-refractivity contribution < 1.29 is 23.9 Å². The van der Waals surface area contributed by atoms with E-state index >= 15 is 0 Å². The van der Waals surface area contributed by atoms with Gasteiger partial charge in [0.2, 0.25) is 0 Å². The Morgan fingerprint density at radius 1 is 1.19 bits per heavy atom. The van der Waals surface area contributed by atoms with Gasteiger partial charge < -0.3 is 14.4 Å². The Balaban J connectivity index is 1.72. The predicted molar refractivity (Wildman–Crippen MR) is 97.2 cm³/mol. The molecule has 2 aliphatic rings. The number of amides is 3. The number of hydrogen-bond acceptors (Lipinski definition) is 6. The van der Waals surface area contributed by atoms with Crippen molar-refractivity contribution in [2.24, 2.45) is 0 Å². The Morgan fingerprint density at radius 2 is 1.89 bits per heavy atom. The summed E-state index contributed by atoms with van der Waals surface area (Å²) in [5.41, 5.74) is 0.729. The molecule has 8 nitrogen and oxygen atoms in total. The van der Waals surface area contributed by atoms with Crippen LogP contribution in [0.5, 0.6) is 0 Å². The van der Waals surface area contributed by atoms with Crippen LogP contribution in [0.15, 0.2) is 24.3 Å². The van der Waals surface area contributed by atoms with Gasteiger partial charge in [-0.3, -0.25) is 14.6 Å². The lowest BCUT2D eigenvalue weighted by Crippen LogP contribution is -2.52. The SMILES string of the molecule is COCCN1C(=O)N(C)C(=O)C12CCN(Cc1ccc(C(=O)OC)cc1)C2. The zero-order valence-electron chi connectivity index (χ0n) is 15.9. The number of nitrogens with zero attached hydrogens (tertiary/aromatic N) is 3. The van der Waals surface area contributed by atoms with E-state index in [0.717, 1.165) is 12.1 Å². The molecule has 2 saturated heterocycles. The number of benzene rings is 1. The molecular formula is C19H25N3O5. The van der Waals surface area contributed by atoms with Crippen molar-refractivity contribution in [1.82, 2.24) is 14.7 Å². The minimum atomic E-state index is -0.809. The van der Waals surface area contributed by atoms with E-state index in [1.165, 1.54) is 19.1 Å². The van der Waals surface area contributed by atoms with Crippen LogP contribution in [0.25, 0.3) is 0 Å². The van der Waals surface area contributed by atoms with Gasteiger partial charge in [0.05, 0.1) is 19.3 Å². The zero-order chi connectivity index (χ0) is 19.6. The Hall–Kier alpha value is -2.45. The first-order valence-electron chi connectivity index (χ1n) is 8.91. The third kappa shape index (κ3) is 3.42. The molecule has 0 aliphatic carbocycles. The first-order chi connectivity index (χ1) is 12.9. The van der Waals surface area contributed by atoms with Gasteiger partial charge in [-0.15, -0.1) is 0 Å². The standard InChI is InChI=1S/C19H25N3O5/c1-20-17(24)19(22(18(20)25)10-11-26-2)8-9-21(13-19)12-14-4-6-15(7-5-14)16(23)27-3/h4-7H,8-13H2,1-3H3. The number of carbonyl (C=O) groups excluding carboxylic acids is 3. The van der Waals surface area contributed by atoms with Crippen molar-refractivity contribution in [3.8, 4) is 0 Å². The van der Waals surface area contributed by atoms with Crippen LogP contribution in [-0.4, -0.2) is 85.7 Å². The molecule has 27 heavy (non-hydrogen) atoms. The highest BCUT2D eigenvalue weighted by Gasteiger charge is 2.58. The minimum Gasteiger partial charge on any atom is -0.465 e. The van der Waals surface area contributed by atoms with E-state index in [4.69, 9.17) is 9.47 Å². The molecular weight excluding hydrogens is 350 g/mol. The van der Waals surface area contributed by atoms with Crippen LogP contribution >= 0.6 is 0 Å². The monoisotopic (exact) mass is 375 g/mol. The quantitative estimate of drug-likeness (QED) is 0.544. The van der Waals surface area contributed by atoms with Crippen molar-refractivity contribution in [2.45, 2.75) is 18.5 Å². The third-order valence-electron chi connectivity index (χ3n) is 5.36. The molecule has 3 rings (SSSR count). The molecule has 0 saturated carbocycles. The molecule has 146 valence electrons. The molecule has 1 atom stereocenters. The minimum absolute atomic E-state index is 0.146. The van der Waals surface area contributed by atoms with Gasteiger partial charge >= 0.3 is 12.0 Å². The van der Waals surface area contributed by atoms with E-state index < -0.39 is 5.54 Å². The van der Waals surface area contributed by atoms with Crippen LogP contribution in [0.3, 0.4) is 0 Å². The van der Waals surface area contributed by atoms with Crippen molar-refractivity contribution in [3.05, 3.63) is 35.4 Å². The fourth-order valence-corrected chi connectivity index (χ4v) is 3.89. The van der Waals surface area contributed by atoms with Gasteiger partial charge in [-0.1, -0.05) is 12.1 Å². The van der Waals surface area contributed by atoms with E-state index in [1.54, 1.807) is 24.1 Å². The van der Waals surface area contributed by atoms with Crippen LogP contribution in [0.2, 0.25) is 0 Å². The summed E-state index contributed by atoms with van der Waals surface area (Å²) in [5, 5.41) is 0. The number of rotatable bonds is 6. The Morgan fingerprint density at radius 3 is 2.52 bits per heavy atom. The number of esters is 1. The van der Waals surface area contributed by atoms with Crippen LogP contribution < -0.4 is 0 Å². The summed E-state index contributed by atoms with van der Waals surface area (Å²) >= 11 is 0. The molecule has 1 aromatic rings. The van der Waals surface area contributed by atoms with Crippen molar-refractivity contribution >= 4 is 17.9 Å². The number of hydrogen-bond donors (Lipinski definition) is 0. The van der Waals surface area contributed by atoms with Gasteiger partial charge in [0.15, 0.2) is 0 Å². The van der Waals surface area contributed by atoms with E-state index in [0.29, 0.717) is 38.2 Å². The second kappa shape index (κ2) is 7.66. The van der Waals surface area contributed by atoms with Crippen LogP contribution in [0.1, 0.15) is 22.3 Å². The molecule has 0 N–H and O–H groups in total. The normalized spacial score (nSPS) is 22.9. The number of urea groups is 1. The lowest BCUT2D eigenvalue weighted by Gasteiger charge is -2.31. The maximum atomic E-state index is 12.8. The fourth-order valence-electron chi connectivity index (χ4n) is 3.89. The largest absolute Gasteiger partial charge is 0.465 e. The molecule has 1 aromatic carbocycles. The topological polar surface area (TPSA) is 79.4 Å². The number of ether oxygens (including phenoxy) is 2. The van der Waals surface area contributed by atoms with E-state index in [9.17, 15) is 14.4 Å². The van der Waals surface area contributed by atoms with Crippen molar-refractivity contribution in [2.75, 3.05) is 47.5 Å². The van der Waals surface area contributed by atoms with Crippen LogP contribution in [0, 0.1) is 0 Å². The summed E-state index contributed by atoms with van der Waals surface area (Å²) < 4.78 is 9.82. The summed E-state index contributed by atoms with van der Waals surface area (Å²) in [7, 11) is 4.47. The van der Waals surface area contributed by atoms with Gasteiger partial charge in [-0.05, 0) is 24.1 Å². The molecule has 2 aliphatic heterocycles. The lowest BCUT2D eigenvalue weighted by atomic mass is 9.97. The fraction of sp³-hybridized carbons (Fsp3) is 0.526. The number of likely N-dealkylation sites (N-methyl/N-ethyl adjacent to an activating group) is 1. The molecule has 8 heteroatoms. The lowest BCUT2D eigenvalue weighted by molar-refractivity contribution is -0.132. The first-order valence-corrected chi connectivity index (χ1v) is 8.91. The smallest absolute Gasteiger partial charge is 0.337 e. The predicted octanol–water partition coefficient (Wildman–Crippen LogP) is 0.958. The number of imide groups is 1. The molecule has 0 bridgehead atoms. The second-order valence-electron chi connectivity index (χ2n) is 6.97. The second-order valence-corrected chi connectivity index (χ2v) is 6.97. The third-order valence-corrected chi connectivity index (χ3v) is 5.36. The summed E-state index contributed by atoms with van der Waals surface area (Å²) in [6, 6.07) is 6.97. The molecule has 2 heterocycles. The average molecular weight is 375 g/mol. The highest BCUT2D eigenvalue weighted by atomic mass is 16.5. The van der Waals surface area contributed by atoms with Gasteiger partial charge in [0.25, 0.3) is 5.91 Å². The van der Waals surface area contributed by atoms with Crippen molar-refractivity contribution in [3.63, 3.8) is 0 Å². The van der Waals surface area contributed by atoms with E-state index in [-0.39, 0.29) is 17.9 Å². The number of likely N-dealkylation sites (tertiary alicyclic amines) is 1. The summed E-state index contributed by atoms with van der Waals surface area (Å²) in [6.45, 7) is 2.64. The van der Waals surface area contributed by atoms with Gasteiger partial charge in [-0.25, -0.2) is 9.59 Å². The number of carbonyl (C=O) groups is 3. The van der Waals surface area contributed by atoms with Crippen molar-refractivity contribution in [1.29, 1.82) is 0 Å². The molecule has 2 fully saturated rings. The van der Waals surface area contributed by atoms with E-state index in [1.807, 2.05) is 12.1 Å². The first kappa shape index (κ1) is 19.3. The van der Waals surface area contributed by atoms with Crippen LogP contribution in [0.4, 0.5) is 4.79 Å². The maximum Gasteiger partial charge on any atom is 0.337 e. The average Bonchev–Trinajstić information content (AvgIpc) is 3.17. The highest BCUT2D eigenvalue weighted by molar-refractivity contribution is 6.07. The Bertz CT molecular complexity index is 735. The summed E-state index contributed by atoms with van der Waals surface area (Å²) in [6.07, 6.45) is 0.603. The summed E-state index contributed by atoms with van der Waals surface area (Å²) in [5.74, 6) is -0.513. The maximum absolute atomic E-state index is 12.8. The van der Waals surface area contributed by atoms with Gasteiger partial charge in [0.1, 0.15) is 5.54 Å². The zero-order valence-corrected chi connectivity index (χ0v) is 15.9. The molecule has 1 unspecified atom stereocenters. The van der Waals surface area contributed by atoms with Crippen LogP contribution in [-0.2, 0) is 20.8 Å². The highest BCUT2D eigenvalue weighted by Crippen LogP contribution is 2.36. The molecule has 0 aromatic heterocycles. The van der Waals surface area contributed by atoms with Gasteiger partial charge in [0, 0.05) is 40.3 Å². The van der Waals surface area contributed by atoms with E-state index in [2.05, 4.69) is 4.90 Å². The Labute approximate surface area is 158 Å². The van der Waals surface area contributed by atoms with Gasteiger partial charge in [-0.2, -0.15) is 0 Å². The molecule has 1 spiro atoms. The Kier molecular flexibility index (Phi) is 5.48. The molecule has 3 amide bonds. The molecule has 0 radical (unpaired) electrons. The number of methoxy groups -OCH3 is 2.